The van der Waals surface area contributed by atoms with E-state index < -0.39 is 16.1 Å². The number of fused-ring (bicyclic) bond motifs is 3. The van der Waals surface area contributed by atoms with Crippen molar-refractivity contribution in [3.8, 4) is 5.69 Å². The first-order valence-corrected chi connectivity index (χ1v) is 11.8. The van der Waals surface area contributed by atoms with E-state index in [4.69, 9.17) is 0 Å². The predicted octanol–water partition coefficient (Wildman–Crippen LogP) is 5.39. The van der Waals surface area contributed by atoms with Crippen LogP contribution >= 0.6 is 0 Å². The number of para-hydroxylation sites is 1. The summed E-state index contributed by atoms with van der Waals surface area (Å²) in [5.41, 5.74) is 6.05. The monoisotopic (exact) mass is 428 g/mol. The van der Waals surface area contributed by atoms with E-state index in [0.29, 0.717) is 11.4 Å². The van der Waals surface area contributed by atoms with Crippen molar-refractivity contribution in [1.29, 1.82) is 0 Å². The van der Waals surface area contributed by atoms with Crippen LogP contribution < -0.4 is 0 Å². The molecule has 5 rings (SSSR count). The molecule has 0 radical (unpaired) electrons. The van der Waals surface area contributed by atoms with Crippen molar-refractivity contribution in [2.24, 2.45) is 0 Å². The molecule has 1 aliphatic rings. The molecule has 0 bridgehead atoms. The molecule has 3 aromatic carbocycles. The number of sulfonamides is 1. The van der Waals surface area contributed by atoms with Crippen LogP contribution in [-0.4, -0.2) is 17.3 Å². The standard InChI is InChI=1S/C26H24N2O2S/c1-19-9-13-21(14-10-19)26-25-8-5-17-27(25)24-7-4-3-6-22(24)18-28(26)31(29,30)23-15-11-20(2)12-16-23/h3-17,26H,18H2,1-2H3/t26-/m1/s1. The van der Waals surface area contributed by atoms with E-state index in [-0.39, 0.29) is 0 Å². The van der Waals surface area contributed by atoms with Gasteiger partial charge >= 0.3 is 0 Å². The molecule has 0 unspecified atom stereocenters. The summed E-state index contributed by atoms with van der Waals surface area (Å²) < 4.78 is 31.7. The van der Waals surface area contributed by atoms with Crippen LogP contribution in [0.5, 0.6) is 0 Å². The Labute approximate surface area is 183 Å². The van der Waals surface area contributed by atoms with Gasteiger partial charge in [-0.15, -0.1) is 0 Å². The molecule has 0 amide bonds. The number of benzene rings is 3. The van der Waals surface area contributed by atoms with Crippen LogP contribution in [0.25, 0.3) is 5.69 Å². The van der Waals surface area contributed by atoms with Gasteiger partial charge in [-0.25, -0.2) is 8.42 Å². The summed E-state index contributed by atoms with van der Waals surface area (Å²) in [4.78, 5) is 0.313. The second-order valence-electron chi connectivity index (χ2n) is 8.11. The lowest BCUT2D eigenvalue weighted by molar-refractivity contribution is 0.353. The fourth-order valence-corrected chi connectivity index (χ4v) is 5.84. The van der Waals surface area contributed by atoms with Crippen molar-refractivity contribution in [1.82, 2.24) is 8.87 Å². The molecule has 4 nitrogen and oxygen atoms in total. The molecule has 2 heterocycles. The summed E-state index contributed by atoms with van der Waals surface area (Å²) >= 11 is 0. The molecule has 156 valence electrons. The Morgan fingerprint density at radius 1 is 0.774 bits per heavy atom. The summed E-state index contributed by atoms with van der Waals surface area (Å²) in [6, 6.07) is 26.8. The molecule has 1 aliphatic heterocycles. The topological polar surface area (TPSA) is 42.3 Å². The highest BCUT2D eigenvalue weighted by atomic mass is 32.2. The number of nitrogens with zero attached hydrogens (tertiary/aromatic N) is 2. The smallest absolute Gasteiger partial charge is 0.244 e. The van der Waals surface area contributed by atoms with E-state index in [1.54, 1.807) is 16.4 Å². The lowest BCUT2D eigenvalue weighted by Gasteiger charge is -2.30. The molecule has 5 heteroatoms. The van der Waals surface area contributed by atoms with E-state index in [9.17, 15) is 8.42 Å². The highest BCUT2D eigenvalue weighted by Crippen LogP contribution is 2.39. The fraction of sp³-hybridized carbons (Fsp3) is 0.154. The van der Waals surface area contributed by atoms with Crippen molar-refractivity contribution in [2.75, 3.05) is 0 Å². The quantitative estimate of drug-likeness (QED) is 0.439. The van der Waals surface area contributed by atoms with Crippen LogP contribution in [0, 0.1) is 13.8 Å². The van der Waals surface area contributed by atoms with Gasteiger partial charge in [-0.05, 0) is 55.3 Å². The SMILES string of the molecule is Cc1ccc([C@@H]2c3cccn3-c3ccccc3CN2S(=O)(=O)c2ccc(C)cc2)cc1. The third kappa shape index (κ3) is 3.40. The Morgan fingerprint density at radius 2 is 1.42 bits per heavy atom. The van der Waals surface area contributed by atoms with Crippen LogP contribution in [0.2, 0.25) is 0 Å². The van der Waals surface area contributed by atoms with E-state index in [0.717, 1.165) is 33.6 Å². The normalized spacial score (nSPS) is 16.4. The van der Waals surface area contributed by atoms with Crippen molar-refractivity contribution in [2.45, 2.75) is 31.3 Å². The predicted molar refractivity (Wildman–Crippen MR) is 123 cm³/mol. The van der Waals surface area contributed by atoms with E-state index in [1.165, 1.54) is 0 Å². The zero-order valence-electron chi connectivity index (χ0n) is 17.6. The Kier molecular flexibility index (Phi) is 4.80. The van der Waals surface area contributed by atoms with Gasteiger partial charge in [0.2, 0.25) is 10.0 Å². The maximum Gasteiger partial charge on any atom is 0.244 e. The van der Waals surface area contributed by atoms with Crippen molar-refractivity contribution < 1.29 is 8.42 Å². The van der Waals surface area contributed by atoms with Gasteiger partial charge < -0.3 is 4.57 Å². The number of aryl methyl sites for hydroxylation is 2. The number of rotatable bonds is 3. The first kappa shape index (κ1) is 19.8. The summed E-state index contributed by atoms with van der Waals surface area (Å²) in [6.45, 7) is 4.30. The lowest BCUT2D eigenvalue weighted by atomic mass is 10.0. The van der Waals surface area contributed by atoms with Gasteiger partial charge in [0.1, 0.15) is 0 Å². The average Bonchev–Trinajstić information content (AvgIpc) is 3.19. The third-order valence-corrected chi connectivity index (χ3v) is 7.77. The largest absolute Gasteiger partial charge is 0.319 e. The fourth-order valence-electron chi connectivity index (χ4n) is 4.28. The average molecular weight is 429 g/mol. The molecule has 1 atom stereocenters. The van der Waals surface area contributed by atoms with Crippen LogP contribution in [-0.2, 0) is 16.6 Å². The van der Waals surface area contributed by atoms with E-state index >= 15 is 0 Å². The summed E-state index contributed by atoms with van der Waals surface area (Å²) in [5, 5.41) is 0. The molecule has 0 saturated heterocycles. The van der Waals surface area contributed by atoms with Crippen LogP contribution in [0.4, 0.5) is 0 Å². The third-order valence-electron chi connectivity index (χ3n) is 5.95. The minimum absolute atomic E-state index is 0.298. The van der Waals surface area contributed by atoms with Crippen LogP contribution in [0.3, 0.4) is 0 Å². The number of aromatic nitrogens is 1. The van der Waals surface area contributed by atoms with Gasteiger partial charge in [0.25, 0.3) is 0 Å². The number of hydrogen-bond donors (Lipinski definition) is 0. The molecule has 31 heavy (non-hydrogen) atoms. The summed E-state index contributed by atoms with van der Waals surface area (Å²) in [7, 11) is -3.75. The Bertz CT molecular complexity index is 1340. The summed E-state index contributed by atoms with van der Waals surface area (Å²) in [6.07, 6.45) is 2.01. The molecule has 0 saturated carbocycles. The summed E-state index contributed by atoms with van der Waals surface area (Å²) in [5.74, 6) is 0. The molecule has 0 N–H and O–H groups in total. The number of hydrogen-bond acceptors (Lipinski definition) is 2. The molecule has 0 spiro atoms. The van der Waals surface area contributed by atoms with Crippen molar-refractivity contribution in [3.05, 3.63) is 119 Å². The molecular weight excluding hydrogens is 404 g/mol. The maximum absolute atomic E-state index is 14.0. The molecule has 1 aromatic heterocycles. The van der Waals surface area contributed by atoms with Crippen LogP contribution in [0.15, 0.2) is 96.0 Å². The zero-order valence-corrected chi connectivity index (χ0v) is 18.4. The molecular formula is C26H24N2O2S. The minimum atomic E-state index is -3.75. The minimum Gasteiger partial charge on any atom is -0.319 e. The van der Waals surface area contributed by atoms with Crippen LogP contribution in [0.1, 0.15) is 34.0 Å². The Hall–Kier alpha value is -3.15. The van der Waals surface area contributed by atoms with E-state index in [2.05, 4.69) is 4.57 Å². The first-order valence-electron chi connectivity index (χ1n) is 10.4. The highest BCUT2D eigenvalue weighted by Gasteiger charge is 2.37. The second kappa shape index (κ2) is 7.52. The van der Waals surface area contributed by atoms with Gasteiger partial charge in [0, 0.05) is 24.1 Å². The van der Waals surface area contributed by atoms with Gasteiger partial charge in [-0.1, -0.05) is 65.7 Å². The lowest BCUT2D eigenvalue weighted by Crippen LogP contribution is -2.34. The van der Waals surface area contributed by atoms with Gasteiger partial charge in [0.05, 0.1) is 10.9 Å². The maximum atomic E-state index is 14.0. The van der Waals surface area contributed by atoms with Gasteiger partial charge in [0.15, 0.2) is 0 Å². The zero-order chi connectivity index (χ0) is 21.6. The first-order chi connectivity index (χ1) is 14.9. The van der Waals surface area contributed by atoms with Gasteiger partial charge in [-0.3, -0.25) is 0 Å². The molecule has 0 fully saturated rings. The molecule has 4 aromatic rings. The Balaban J connectivity index is 1.76. The van der Waals surface area contributed by atoms with Crippen molar-refractivity contribution in [3.63, 3.8) is 0 Å². The molecule has 0 aliphatic carbocycles. The van der Waals surface area contributed by atoms with Gasteiger partial charge in [-0.2, -0.15) is 4.31 Å². The second-order valence-corrected chi connectivity index (χ2v) is 10.00. The highest BCUT2D eigenvalue weighted by molar-refractivity contribution is 7.89. The van der Waals surface area contributed by atoms with E-state index in [1.807, 2.05) is 92.8 Å². The van der Waals surface area contributed by atoms with Crippen molar-refractivity contribution >= 4 is 10.0 Å². The Morgan fingerprint density at radius 3 is 2.13 bits per heavy atom.